The SMILES string of the molecule is CCCCCCCCCCC(=O)OCCSP(=O)(O)OC1C2OCC[C@@]1(COP(O)(=S)OC1C(O)[C@@H](COP(O)(=S)OC3C(OC)[C@@H](COP(=O)(O)OCCC)O[C@H]3n3cnc4c(N)ncnc43)O[C@H]1n1cnc3c(N)ncnc31)O[C@H]2n1cnc2c(N)ncnc21. The van der Waals surface area contributed by atoms with Crippen molar-refractivity contribution in [1.82, 2.24) is 58.6 Å². The second-order valence-corrected chi connectivity index (χ2v) is 32.8. The van der Waals surface area contributed by atoms with E-state index in [0.29, 0.717) is 24.2 Å². The molecule has 4 aliphatic heterocycles. The Balaban J connectivity index is 0.854. The van der Waals surface area contributed by atoms with E-state index in [9.17, 15) is 38.6 Å². The molecule has 92 heavy (non-hydrogen) atoms. The summed E-state index contributed by atoms with van der Waals surface area (Å²) in [4.78, 5) is 96.5. The van der Waals surface area contributed by atoms with E-state index in [4.69, 9.17) is 101 Å². The number of carbonyl (C=O) groups excluding carboxylic acids is 1. The predicted octanol–water partition coefficient (Wildman–Crippen LogP) is 4.55. The largest absolute Gasteiger partial charge is 0.472 e. The third kappa shape index (κ3) is 16.5. The number of carbonyl (C=O) groups is 1. The molecule has 0 aromatic carbocycles. The Morgan fingerprint density at radius 3 is 1.78 bits per heavy atom. The molecular weight excluding hydrogens is 1350 g/mol. The van der Waals surface area contributed by atoms with Gasteiger partial charge >= 0.3 is 34.0 Å². The summed E-state index contributed by atoms with van der Waals surface area (Å²) in [6.07, 6.45) is 0.948. The monoisotopic (exact) mass is 1430 g/mol. The maximum absolute atomic E-state index is 14.1. The molecule has 36 nitrogen and oxygen atoms in total. The van der Waals surface area contributed by atoms with Crippen LogP contribution in [0.1, 0.15) is 103 Å². The number of ether oxygens (including phenoxy) is 6. The van der Waals surface area contributed by atoms with Crippen molar-refractivity contribution in [1.29, 1.82) is 0 Å². The molecule has 2 bridgehead atoms. The number of fused-ring (bicyclic) bond motifs is 5. The Kier molecular flexibility index (Phi) is 23.5. The standard InChI is InChI=1S/C49H73N15O21P4S3/c1-4-6-7-8-9-10-11-12-13-30(65)74-17-18-92-87(69,70)85-39-38-48(64-27-61-33-42(52)55-24-58-45(33)64)82-49(39,14-16-75-38)21-79-89(72,91)83-36-34(66)28(80-46(36)62-25-59-31-40(50)53-22-56-43(31)62)19-78-88(71,90)84-37-35(73-3)29(20-77-86(67,68)76-15-5-2)81-47(37)63-26-60-32-41(51)54-23-57-44(32)63/h22-29,34-39,46-48,66H,4-21H2,1-3H3,(H,67,68)(H,69,70)(H,71,90)(H,72,91)(H2,50,53,56)(H2,51,54,57)(H2,52,55,58)/t28-,29-,34?,35?,36?,37?,38?,39?,46-,47-,48-,49+,88?,89?/m1/s1. The van der Waals surface area contributed by atoms with Gasteiger partial charge in [0.1, 0.15) is 96.6 Å². The van der Waals surface area contributed by atoms with Gasteiger partial charge in [-0.2, -0.15) is 0 Å². The molecule has 10 rings (SSSR count). The van der Waals surface area contributed by atoms with Gasteiger partial charge in [-0.1, -0.05) is 58.8 Å². The van der Waals surface area contributed by atoms with Crippen LogP contribution in [0.25, 0.3) is 33.5 Å². The van der Waals surface area contributed by atoms with Gasteiger partial charge in [0.2, 0.25) is 0 Å². The first kappa shape index (κ1) is 70.7. The molecule has 508 valence electrons. The summed E-state index contributed by atoms with van der Waals surface area (Å²) < 4.78 is 109. The second-order valence-electron chi connectivity index (χ2n) is 21.7. The number of hydrogen-bond donors (Lipinski definition) is 8. The lowest BCUT2D eigenvalue weighted by Gasteiger charge is -2.39. The lowest BCUT2D eigenvalue weighted by molar-refractivity contribution is -0.143. The zero-order valence-corrected chi connectivity index (χ0v) is 56.0. The van der Waals surface area contributed by atoms with Gasteiger partial charge in [0, 0.05) is 25.7 Å². The van der Waals surface area contributed by atoms with Gasteiger partial charge in [-0.05, 0) is 47.8 Å². The van der Waals surface area contributed by atoms with Gasteiger partial charge in [-0.25, -0.2) is 54.0 Å². The molecule has 10 heterocycles. The number of nitrogens with two attached hydrogens (primary N) is 3. The molecule has 11 N–H and O–H groups in total. The van der Waals surface area contributed by atoms with Gasteiger partial charge in [0.25, 0.3) is 0 Å². The van der Waals surface area contributed by atoms with Crippen molar-refractivity contribution in [3.8, 4) is 0 Å². The number of rotatable bonds is 35. The number of aromatic nitrogens is 12. The fourth-order valence-corrected chi connectivity index (χ4v) is 17.1. The number of imidazole rings is 3. The lowest BCUT2D eigenvalue weighted by atomic mass is 9.90. The van der Waals surface area contributed by atoms with Crippen molar-refractivity contribution in [2.75, 3.05) is 69.7 Å². The molecule has 10 unspecified atom stereocenters. The van der Waals surface area contributed by atoms with Crippen molar-refractivity contribution in [3.63, 3.8) is 0 Å². The molecule has 4 fully saturated rings. The van der Waals surface area contributed by atoms with E-state index < -0.39 is 127 Å². The van der Waals surface area contributed by atoms with Crippen molar-refractivity contribution in [2.45, 2.75) is 158 Å². The van der Waals surface area contributed by atoms with Crippen LogP contribution in [0.15, 0.2) is 38.0 Å². The Morgan fingerprint density at radius 2 is 1.20 bits per heavy atom. The third-order valence-corrected chi connectivity index (χ3v) is 22.5. The molecule has 0 amide bonds. The quantitative estimate of drug-likeness (QED) is 0.0154. The Bertz CT molecular complexity index is 3720. The molecule has 16 atom stereocenters. The molecule has 0 radical (unpaired) electrons. The first-order valence-electron chi connectivity index (χ1n) is 29.3. The second kappa shape index (κ2) is 30.6. The minimum Gasteiger partial charge on any atom is -0.465 e. The van der Waals surface area contributed by atoms with Crippen LogP contribution in [-0.4, -0.2) is 196 Å². The predicted molar refractivity (Wildman–Crippen MR) is 333 cm³/mol. The summed E-state index contributed by atoms with van der Waals surface area (Å²) in [6, 6.07) is 0. The molecule has 43 heteroatoms. The summed E-state index contributed by atoms with van der Waals surface area (Å²) in [5, 5.41) is 12.2. The normalized spacial score (nSPS) is 28.4. The lowest BCUT2D eigenvalue weighted by Crippen LogP contribution is -2.52. The van der Waals surface area contributed by atoms with Crippen molar-refractivity contribution in [3.05, 3.63) is 38.0 Å². The number of unbranched alkanes of at least 4 members (excludes halogenated alkanes) is 7. The average molecular weight is 1430 g/mol. The van der Waals surface area contributed by atoms with Gasteiger partial charge in [-0.3, -0.25) is 41.1 Å². The van der Waals surface area contributed by atoms with Crippen LogP contribution in [0.2, 0.25) is 0 Å². The average Bonchev–Trinajstić information content (AvgIpc) is 1.58. The summed E-state index contributed by atoms with van der Waals surface area (Å²) in [7, 11) is -3.31. The molecule has 0 aliphatic carbocycles. The molecule has 6 aromatic rings. The van der Waals surface area contributed by atoms with Gasteiger partial charge in [-0.15, -0.1) is 0 Å². The Hall–Kier alpha value is -4.05. The van der Waals surface area contributed by atoms with E-state index >= 15 is 0 Å². The number of phosphoric acid groups is 1. The van der Waals surface area contributed by atoms with E-state index in [2.05, 4.69) is 51.8 Å². The van der Waals surface area contributed by atoms with E-state index in [1.165, 1.54) is 65.3 Å². The molecule has 6 aromatic heterocycles. The number of aliphatic hydroxyl groups excluding tert-OH is 1. The van der Waals surface area contributed by atoms with Crippen LogP contribution in [0.5, 0.6) is 0 Å². The number of anilines is 3. The van der Waals surface area contributed by atoms with Crippen LogP contribution < -0.4 is 17.2 Å². The van der Waals surface area contributed by atoms with Crippen LogP contribution in [0.4, 0.5) is 17.5 Å². The molecule has 4 saturated heterocycles. The number of phosphoric ester groups is 1. The highest BCUT2D eigenvalue weighted by Crippen LogP contribution is 2.62. The summed E-state index contributed by atoms with van der Waals surface area (Å²) in [5.74, 6) is -0.497. The van der Waals surface area contributed by atoms with Crippen molar-refractivity contribution >= 4 is 120 Å². The highest BCUT2D eigenvalue weighted by Gasteiger charge is 2.63. The molecule has 4 aliphatic rings. The molecule has 0 spiro atoms. The summed E-state index contributed by atoms with van der Waals surface area (Å²) in [6.45, 7) is -12.3. The van der Waals surface area contributed by atoms with E-state index in [1.54, 1.807) is 6.92 Å². The number of methoxy groups -OCH3 is 1. The fourth-order valence-electron chi connectivity index (χ4n) is 11.0. The third-order valence-electron chi connectivity index (χ3n) is 15.5. The van der Waals surface area contributed by atoms with Crippen LogP contribution in [-0.2, 0) is 97.6 Å². The van der Waals surface area contributed by atoms with E-state index in [0.717, 1.165) is 38.4 Å². The Morgan fingerprint density at radius 1 is 0.663 bits per heavy atom. The first-order chi connectivity index (χ1) is 44.0. The topological polar surface area (TPSA) is 481 Å². The number of nitrogen functional groups attached to an aromatic ring is 3. The smallest absolute Gasteiger partial charge is 0.465 e. The highest BCUT2D eigenvalue weighted by atomic mass is 32.7. The van der Waals surface area contributed by atoms with E-state index in [1.807, 2.05) is 0 Å². The van der Waals surface area contributed by atoms with Crippen LogP contribution in [0, 0.1) is 0 Å². The molecular formula is C49H73N15O21P4S3. The fraction of sp³-hybridized carbons (Fsp3) is 0.673. The van der Waals surface area contributed by atoms with Crippen molar-refractivity contribution < 1.29 is 98.7 Å². The maximum Gasteiger partial charge on any atom is 0.472 e. The van der Waals surface area contributed by atoms with Crippen molar-refractivity contribution in [2.24, 2.45) is 0 Å². The van der Waals surface area contributed by atoms with Crippen LogP contribution in [0.3, 0.4) is 0 Å². The summed E-state index contributed by atoms with van der Waals surface area (Å²) in [5.41, 5.74) is 17.6. The zero-order valence-electron chi connectivity index (χ0n) is 49.9. The first-order valence-corrected chi connectivity index (χ1v) is 39.2. The highest BCUT2D eigenvalue weighted by molar-refractivity contribution is 8.54. The molecule has 0 saturated carbocycles. The number of nitrogens with zero attached hydrogens (tertiary/aromatic N) is 12. The summed E-state index contributed by atoms with van der Waals surface area (Å²) >= 11 is 11.8. The number of aliphatic hydroxyl groups is 1. The van der Waals surface area contributed by atoms with Gasteiger partial charge in [0.05, 0.1) is 52.0 Å². The van der Waals surface area contributed by atoms with E-state index in [-0.39, 0.29) is 89.4 Å². The maximum atomic E-state index is 14.1. The Labute approximate surface area is 539 Å². The minimum absolute atomic E-state index is 0.0222. The number of esters is 1. The van der Waals surface area contributed by atoms with Gasteiger partial charge < -0.3 is 79.3 Å². The zero-order chi connectivity index (χ0) is 65.6. The minimum atomic E-state index is -4.68. The van der Waals surface area contributed by atoms with Crippen LogP contribution >= 0.6 is 39.4 Å². The van der Waals surface area contributed by atoms with Gasteiger partial charge in [0.15, 0.2) is 53.1 Å². The number of hydrogen-bond acceptors (Lipinski definition) is 32.